The van der Waals surface area contributed by atoms with Crippen LogP contribution in [0.15, 0.2) is 29.4 Å². The predicted octanol–water partition coefficient (Wildman–Crippen LogP) is 2.33. The van der Waals surface area contributed by atoms with Crippen molar-refractivity contribution < 1.29 is 8.42 Å². The number of nitrogens with zero attached hydrogens (tertiary/aromatic N) is 1. The van der Waals surface area contributed by atoms with Gasteiger partial charge in [-0.25, -0.2) is 13.1 Å². The van der Waals surface area contributed by atoms with Crippen LogP contribution in [-0.4, -0.2) is 19.4 Å². The largest absolute Gasteiger partial charge is 0.263 e. The van der Waals surface area contributed by atoms with Crippen LogP contribution in [0.4, 0.5) is 0 Å². The molecule has 1 aromatic rings. The summed E-state index contributed by atoms with van der Waals surface area (Å²) in [5.41, 5.74) is 0. The summed E-state index contributed by atoms with van der Waals surface area (Å²) in [6.45, 7) is 2.13. The van der Waals surface area contributed by atoms with Crippen LogP contribution in [0.1, 0.15) is 39.0 Å². The average Bonchev–Trinajstić information content (AvgIpc) is 2.40. The third-order valence-corrected chi connectivity index (χ3v) is 5.16. The Hall–Kier alpha value is -0.940. The van der Waals surface area contributed by atoms with Gasteiger partial charge in [0.1, 0.15) is 4.90 Å². The van der Waals surface area contributed by atoms with Gasteiger partial charge in [0.15, 0.2) is 0 Å². The highest BCUT2D eigenvalue weighted by atomic mass is 32.2. The van der Waals surface area contributed by atoms with Crippen molar-refractivity contribution in [3.63, 3.8) is 0 Å². The van der Waals surface area contributed by atoms with Gasteiger partial charge in [0, 0.05) is 18.4 Å². The molecule has 2 atom stereocenters. The highest BCUT2D eigenvalue weighted by Crippen LogP contribution is 2.27. The van der Waals surface area contributed by atoms with Crippen molar-refractivity contribution >= 4 is 10.0 Å². The molecule has 1 aliphatic rings. The predicted molar refractivity (Wildman–Crippen MR) is 70.6 cm³/mol. The summed E-state index contributed by atoms with van der Waals surface area (Å²) >= 11 is 0. The Kier molecular flexibility index (Phi) is 4.35. The van der Waals surface area contributed by atoms with E-state index in [1.807, 2.05) is 0 Å². The Labute approximate surface area is 109 Å². The van der Waals surface area contributed by atoms with Crippen LogP contribution in [0.25, 0.3) is 0 Å². The van der Waals surface area contributed by atoms with Gasteiger partial charge in [-0.15, -0.1) is 0 Å². The van der Waals surface area contributed by atoms with Crippen LogP contribution in [0, 0.1) is 5.92 Å². The second kappa shape index (κ2) is 5.80. The zero-order valence-corrected chi connectivity index (χ0v) is 11.5. The molecule has 1 N–H and O–H groups in total. The summed E-state index contributed by atoms with van der Waals surface area (Å²) in [6.07, 6.45) is 8.38. The topological polar surface area (TPSA) is 59.1 Å². The fourth-order valence-electron chi connectivity index (χ4n) is 2.62. The lowest BCUT2D eigenvalue weighted by atomic mass is 9.83. The maximum absolute atomic E-state index is 12.2. The van der Waals surface area contributed by atoms with Crippen LogP contribution in [0.5, 0.6) is 0 Å². The van der Waals surface area contributed by atoms with Crippen molar-refractivity contribution in [1.82, 2.24) is 9.71 Å². The lowest BCUT2D eigenvalue weighted by molar-refractivity contribution is 0.282. The van der Waals surface area contributed by atoms with Crippen LogP contribution in [0.3, 0.4) is 0 Å². The number of aromatic nitrogens is 1. The minimum atomic E-state index is -3.42. The van der Waals surface area contributed by atoms with E-state index in [1.165, 1.54) is 12.6 Å². The van der Waals surface area contributed by atoms with Gasteiger partial charge in [0.2, 0.25) is 10.0 Å². The third kappa shape index (κ3) is 3.09. The zero-order valence-electron chi connectivity index (χ0n) is 10.7. The molecule has 1 fully saturated rings. The maximum atomic E-state index is 12.2. The summed E-state index contributed by atoms with van der Waals surface area (Å²) in [7, 11) is -3.42. The normalized spacial score (nSPS) is 24.9. The highest BCUT2D eigenvalue weighted by Gasteiger charge is 2.28. The van der Waals surface area contributed by atoms with Gasteiger partial charge in [0.05, 0.1) is 0 Å². The second-order valence-electron chi connectivity index (χ2n) is 4.87. The van der Waals surface area contributed by atoms with E-state index in [9.17, 15) is 8.42 Å². The van der Waals surface area contributed by atoms with Gasteiger partial charge >= 0.3 is 0 Å². The molecule has 4 nitrogen and oxygen atoms in total. The standard InChI is InChI=1S/C13H20N2O2S/c1-2-11-6-3-4-8-13(11)15-18(16,17)12-7-5-9-14-10-12/h5,7,9-11,13,15H,2-4,6,8H2,1H3. The van der Waals surface area contributed by atoms with Crippen LogP contribution < -0.4 is 4.72 Å². The van der Waals surface area contributed by atoms with Gasteiger partial charge in [-0.3, -0.25) is 4.98 Å². The van der Waals surface area contributed by atoms with Crippen molar-refractivity contribution in [3.8, 4) is 0 Å². The first-order valence-electron chi connectivity index (χ1n) is 6.56. The summed E-state index contributed by atoms with van der Waals surface area (Å²) in [5, 5.41) is 0. The summed E-state index contributed by atoms with van der Waals surface area (Å²) in [5.74, 6) is 0.463. The van der Waals surface area contributed by atoms with E-state index in [2.05, 4.69) is 16.6 Å². The molecule has 1 saturated carbocycles. The maximum Gasteiger partial charge on any atom is 0.242 e. The summed E-state index contributed by atoms with van der Waals surface area (Å²) < 4.78 is 27.3. The molecule has 0 saturated heterocycles. The Morgan fingerprint density at radius 1 is 1.39 bits per heavy atom. The minimum Gasteiger partial charge on any atom is -0.263 e. The van der Waals surface area contributed by atoms with E-state index in [0.717, 1.165) is 25.7 Å². The van der Waals surface area contributed by atoms with Crippen molar-refractivity contribution in [3.05, 3.63) is 24.5 Å². The van der Waals surface area contributed by atoms with E-state index >= 15 is 0 Å². The number of nitrogens with one attached hydrogen (secondary N) is 1. The first-order chi connectivity index (χ1) is 8.63. The van der Waals surface area contributed by atoms with Crippen LogP contribution >= 0.6 is 0 Å². The Bertz CT molecular complexity index is 473. The second-order valence-corrected chi connectivity index (χ2v) is 6.58. The molecule has 1 aromatic heterocycles. The quantitative estimate of drug-likeness (QED) is 0.911. The molecule has 2 unspecified atom stereocenters. The Morgan fingerprint density at radius 3 is 2.83 bits per heavy atom. The molecule has 0 spiro atoms. The first kappa shape index (κ1) is 13.5. The number of hydrogen-bond acceptors (Lipinski definition) is 3. The van der Waals surface area contributed by atoms with E-state index in [0.29, 0.717) is 5.92 Å². The molecule has 1 aliphatic carbocycles. The monoisotopic (exact) mass is 268 g/mol. The zero-order chi connectivity index (χ0) is 13.0. The smallest absolute Gasteiger partial charge is 0.242 e. The van der Waals surface area contributed by atoms with Gasteiger partial charge in [0.25, 0.3) is 0 Å². The van der Waals surface area contributed by atoms with Gasteiger partial charge in [-0.1, -0.05) is 26.2 Å². The van der Waals surface area contributed by atoms with Crippen molar-refractivity contribution in [2.24, 2.45) is 5.92 Å². The molecule has 0 aliphatic heterocycles. The lowest BCUT2D eigenvalue weighted by Gasteiger charge is -2.31. The molecule has 100 valence electrons. The molecule has 0 radical (unpaired) electrons. The fraction of sp³-hybridized carbons (Fsp3) is 0.615. The van der Waals surface area contributed by atoms with Crippen LogP contribution in [-0.2, 0) is 10.0 Å². The van der Waals surface area contributed by atoms with Crippen LogP contribution in [0.2, 0.25) is 0 Å². The van der Waals surface area contributed by atoms with Crippen molar-refractivity contribution in [2.75, 3.05) is 0 Å². The van der Waals surface area contributed by atoms with E-state index < -0.39 is 10.0 Å². The van der Waals surface area contributed by atoms with Crippen molar-refractivity contribution in [1.29, 1.82) is 0 Å². The highest BCUT2D eigenvalue weighted by molar-refractivity contribution is 7.89. The molecule has 5 heteroatoms. The number of rotatable bonds is 4. The van der Waals surface area contributed by atoms with Gasteiger partial charge < -0.3 is 0 Å². The number of pyridine rings is 1. The molecular formula is C13H20N2O2S. The molecule has 2 rings (SSSR count). The molecule has 0 amide bonds. The summed E-state index contributed by atoms with van der Waals surface area (Å²) in [4.78, 5) is 4.12. The molecular weight excluding hydrogens is 248 g/mol. The molecule has 0 bridgehead atoms. The number of sulfonamides is 1. The number of hydrogen-bond donors (Lipinski definition) is 1. The van der Waals surface area contributed by atoms with Gasteiger partial charge in [-0.05, 0) is 30.9 Å². The lowest BCUT2D eigenvalue weighted by Crippen LogP contribution is -2.41. The third-order valence-electron chi connectivity index (χ3n) is 3.68. The summed E-state index contributed by atoms with van der Waals surface area (Å²) in [6, 6.07) is 3.31. The fourth-order valence-corrected chi connectivity index (χ4v) is 3.93. The average molecular weight is 268 g/mol. The van der Waals surface area contributed by atoms with Gasteiger partial charge in [-0.2, -0.15) is 0 Å². The van der Waals surface area contributed by atoms with E-state index in [1.54, 1.807) is 18.3 Å². The van der Waals surface area contributed by atoms with Crippen molar-refractivity contribution in [2.45, 2.75) is 50.0 Å². The Morgan fingerprint density at radius 2 is 2.17 bits per heavy atom. The van der Waals surface area contributed by atoms with E-state index in [-0.39, 0.29) is 10.9 Å². The Balaban J connectivity index is 2.12. The molecule has 18 heavy (non-hydrogen) atoms. The minimum absolute atomic E-state index is 0.0777. The first-order valence-corrected chi connectivity index (χ1v) is 8.04. The molecule has 0 aromatic carbocycles. The van der Waals surface area contributed by atoms with E-state index in [4.69, 9.17) is 0 Å². The SMILES string of the molecule is CCC1CCCCC1NS(=O)(=O)c1cccnc1. The molecule has 1 heterocycles.